The van der Waals surface area contributed by atoms with Crippen LogP contribution in [0.4, 0.5) is 5.69 Å². The second-order valence-corrected chi connectivity index (χ2v) is 5.63. The van der Waals surface area contributed by atoms with Crippen molar-refractivity contribution in [1.29, 1.82) is 0 Å². The number of hydrogen-bond donors (Lipinski definition) is 3. The molecule has 7 nitrogen and oxygen atoms in total. The van der Waals surface area contributed by atoms with Crippen molar-refractivity contribution in [2.75, 3.05) is 5.32 Å². The predicted molar refractivity (Wildman–Crippen MR) is 76.8 cm³/mol. The van der Waals surface area contributed by atoms with Crippen molar-refractivity contribution in [3.63, 3.8) is 0 Å². The van der Waals surface area contributed by atoms with Gasteiger partial charge in [-0.3, -0.25) is 9.59 Å². The Kier molecular flexibility index (Phi) is 3.27. The molecule has 0 saturated heterocycles. The number of benzene rings is 1. The van der Waals surface area contributed by atoms with E-state index in [-0.39, 0.29) is 17.2 Å². The van der Waals surface area contributed by atoms with Gasteiger partial charge < -0.3 is 20.5 Å². The van der Waals surface area contributed by atoms with Gasteiger partial charge in [0.15, 0.2) is 11.9 Å². The summed E-state index contributed by atoms with van der Waals surface area (Å²) in [6.07, 6.45) is 0.885. The van der Waals surface area contributed by atoms with E-state index in [0.29, 0.717) is 18.5 Å². The molecule has 0 aromatic heterocycles. The lowest BCUT2D eigenvalue weighted by Crippen LogP contribution is -2.59. The first-order chi connectivity index (χ1) is 10.4. The summed E-state index contributed by atoms with van der Waals surface area (Å²) in [6, 6.07) is 4.79. The normalized spacial score (nSPS) is 21.7. The molecule has 1 aliphatic heterocycles. The number of anilines is 1. The number of para-hydroxylation sites is 1. The minimum atomic E-state index is -1.19. The Morgan fingerprint density at radius 1 is 1.41 bits per heavy atom. The van der Waals surface area contributed by atoms with E-state index in [1.807, 2.05) is 0 Å². The molecule has 1 saturated carbocycles. The average molecular weight is 304 g/mol. The number of carbonyl (C=O) groups excluding carboxylic acids is 2. The Hall–Kier alpha value is -2.57. The van der Waals surface area contributed by atoms with Gasteiger partial charge >= 0.3 is 5.97 Å². The Morgan fingerprint density at radius 3 is 2.73 bits per heavy atom. The molecular formula is C15H16N2O5. The molecule has 7 heteroatoms. The molecule has 1 aromatic carbocycles. The third-order valence-corrected chi connectivity index (χ3v) is 4.15. The van der Waals surface area contributed by atoms with E-state index in [9.17, 15) is 19.5 Å². The van der Waals surface area contributed by atoms with Crippen LogP contribution in [0, 0.1) is 0 Å². The molecule has 0 radical (unpaired) electrons. The van der Waals surface area contributed by atoms with Crippen LogP contribution in [0.3, 0.4) is 0 Å². The number of fused-ring (bicyclic) bond motifs is 1. The van der Waals surface area contributed by atoms with Gasteiger partial charge in [-0.2, -0.15) is 0 Å². The fourth-order valence-electron chi connectivity index (χ4n) is 2.61. The molecular weight excluding hydrogens is 288 g/mol. The Morgan fingerprint density at radius 2 is 2.14 bits per heavy atom. The fraction of sp³-hybridized carbons (Fsp3) is 0.400. The molecule has 2 aliphatic rings. The van der Waals surface area contributed by atoms with Gasteiger partial charge in [-0.25, -0.2) is 4.79 Å². The Balaban J connectivity index is 1.89. The van der Waals surface area contributed by atoms with E-state index >= 15 is 0 Å². The van der Waals surface area contributed by atoms with E-state index in [4.69, 9.17) is 4.74 Å². The lowest BCUT2D eigenvalue weighted by molar-refractivity contribution is -0.148. The summed E-state index contributed by atoms with van der Waals surface area (Å²) < 4.78 is 5.50. The van der Waals surface area contributed by atoms with Gasteiger partial charge in [0.2, 0.25) is 0 Å². The molecule has 3 rings (SSSR count). The van der Waals surface area contributed by atoms with Crippen LogP contribution in [0.25, 0.3) is 0 Å². The van der Waals surface area contributed by atoms with Crippen LogP contribution in [0.2, 0.25) is 0 Å². The van der Waals surface area contributed by atoms with Gasteiger partial charge in [-0.15, -0.1) is 0 Å². The van der Waals surface area contributed by atoms with Crippen molar-refractivity contribution < 1.29 is 24.2 Å². The lowest BCUT2D eigenvalue weighted by Gasteiger charge is -2.38. The van der Waals surface area contributed by atoms with E-state index in [1.54, 1.807) is 25.1 Å². The summed E-state index contributed by atoms with van der Waals surface area (Å²) >= 11 is 0. The summed E-state index contributed by atoms with van der Waals surface area (Å²) in [5, 5.41) is 14.5. The summed E-state index contributed by atoms with van der Waals surface area (Å²) in [5.41, 5.74) is -0.561. The van der Waals surface area contributed by atoms with Crippen LogP contribution in [0.15, 0.2) is 18.2 Å². The topological polar surface area (TPSA) is 105 Å². The molecule has 1 aromatic rings. The fourth-order valence-corrected chi connectivity index (χ4v) is 2.61. The SMILES string of the molecule is CC1Oc2c(cccc2C(=O)NC2(C(=O)O)CCC2)NC1=O. The number of carboxylic acid groups (broad SMARTS) is 1. The predicted octanol–water partition coefficient (Wildman–Crippen LogP) is 1.14. The number of ether oxygens (including phenoxy) is 1. The number of nitrogens with one attached hydrogen (secondary N) is 2. The van der Waals surface area contributed by atoms with Gasteiger partial charge in [-0.05, 0) is 38.3 Å². The minimum absolute atomic E-state index is 0.219. The van der Waals surface area contributed by atoms with E-state index in [0.717, 1.165) is 6.42 Å². The molecule has 0 spiro atoms. The zero-order valence-corrected chi connectivity index (χ0v) is 12.0. The first-order valence-electron chi connectivity index (χ1n) is 7.09. The largest absolute Gasteiger partial charge is 0.480 e. The van der Waals surface area contributed by atoms with Crippen molar-refractivity contribution in [2.24, 2.45) is 0 Å². The molecule has 22 heavy (non-hydrogen) atoms. The lowest BCUT2D eigenvalue weighted by atomic mass is 9.76. The van der Waals surface area contributed by atoms with Crippen molar-refractivity contribution >= 4 is 23.5 Å². The van der Waals surface area contributed by atoms with Gasteiger partial charge in [0, 0.05) is 0 Å². The number of carbonyl (C=O) groups is 3. The maximum atomic E-state index is 12.5. The number of hydrogen-bond acceptors (Lipinski definition) is 4. The number of amides is 2. The van der Waals surface area contributed by atoms with Gasteiger partial charge in [0.05, 0.1) is 11.3 Å². The molecule has 3 N–H and O–H groups in total. The van der Waals surface area contributed by atoms with E-state index in [2.05, 4.69) is 10.6 Å². The molecule has 1 atom stereocenters. The van der Waals surface area contributed by atoms with Gasteiger partial charge in [-0.1, -0.05) is 6.07 Å². The summed E-state index contributed by atoms with van der Waals surface area (Å²) in [4.78, 5) is 35.4. The highest BCUT2D eigenvalue weighted by atomic mass is 16.5. The van der Waals surface area contributed by atoms with Crippen LogP contribution in [0.5, 0.6) is 5.75 Å². The van der Waals surface area contributed by atoms with Crippen LogP contribution >= 0.6 is 0 Å². The van der Waals surface area contributed by atoms with E-state index < -0.39 is 23.5 Å². The van der Waals surface area contributed by atoms with Crippen LogP contribution in [0.1, 0.15) is 36.5 Å². The first-order valence-corrected chi connectivity index (χ1v) is 7.09. The van der Waals surface area contributed by atoms with E-state index in [1.165, 1.54) is 0 Å². The number of carboxylic acids is 1. The highest BCUT2D eigenvalue weighted by molar-refractivity contribution is 6.05. The van der Waals surface area contributed by atoms with Crippen molar-refractivity contribution in [3.8, 4) is 5.75 Å². The molecule has 2 amide bonds. The first kappa shape index (κ1) is 14.4. The monoisotopic (exact) mass is 304 g/mol. The maximum absolute atomic E-state index is 12.5. The minimum Gasteiger partial charge on any atom is -0.480 e. The number of rotatable bonds is 3. The Labute approximate surface area is 126 Å². The van der Waals surface area contributed by atoms with Gasteiger partial charge in [0.25, 0.3) is 11.8 Å². The molecule has 116 valence electrons. The summed E-state index contributed by atoms with van der Waals surface area (Å²) in [7, 11) is 0. The molecule has 1 heterocycles. The van der Waals surface area contributed by atoms with Crippen molar-refractivity contribution in [3.05, 3.63) is 23.8 Å². The van der Waals surface area contributed by atoms with Gasteiger partial charge in [0.1, 0.15) is 5.54 Å². The standard InChI is InChI=1S/C15H16N2O5/c1-8-12(18)16-10-5-2-4-9(11(10)22-8)13(19)17-15(14(20)21)6-3-7-15/h2,4-5,8H,3,6-7H2,1H3,(H,16,18)(H,17,19)(H,20,21). The zero-order valence-electron chi connectivity index (χ0n) is 12.0. The third kappa shape index (κ3) is 2.18. The summed E-state index contributed by atoms with van der Waals surface area (Å²) in [6.45, 7) is 1.58. The van der Waals surface area contributed by atoms with Crippen LogP contribution < -0.4 is 15.4 Å². The third-order valence-electron chi connectivity index (χ3n) is 4.15. The van der Waals surface area contributed by atoms with Crippen molar-refractivity contribution in [1.82, 2.24) is 5.32 Å². The molecule has 1 aliphatic carbocycles. The summed E-state index contributed by atoms with van der Waals surface area (Å²) in [5.74, 6) is -1.56. The molecule has 1 fully saturated rings. The Bertz CT molecular complexity index is 666. The van der Waals surface area contributed by atoms with Crippen LogP contribution in [-0.2, 0) is 9.59 Å². The highest BCUT2D eigenvalue weighted by Gasteiger charge is 2.46. The average Bonchev–Trinajstić information content (AvgIpc) is 2.43. The second-order valence-electron chi connectivity index (χ2n) is 5.63. The zero-order chi connectivity index (χ0) is 15.9. The number of aliphatic carboxylic acids is 1. The smallest absolute Gasteiger partial charge is 0.329 e. The van der Waals surface area contributed by atoms with Crippen LogP contribution in [-0.4, -0.2) is 34.5 Å². The maximum Gasteiger partial charge on any atom is 0.329 e. The second kappa shape index (κ2) is 5.01. The molecule has 1 unspecified atom stereocenters. The van der Waals surface area contributed by atoms with Crippen molar-refractivity contribution in [2.45, 2.75) is 37.8 Å². The molecule has 0 bridgehead atoms. The highest BCUT2D eigenvalue weighted by Crippen LogP contribution is 2.36. The quantitative estimate of drug-likeness (QED) is 0.777.